The van der Waals surface area contributed by atoms with E-state index in [9.17, 15) is 23.8 Å². The molecule has 0 aliphatic carbocycles. The minimum atomic E-state index is -4.67. The van der Waals surface area contributed by atoms with Gasteiger partial charge in [-0.1, -0.05) is 82.6 Å². The first-order valence-electron chi connectivity index (χ1n) is 14.8. The van der Waals surface area contributed by atoms with Crippen LogP contribution in [0.1, 0.15) is 110 Å². The van der Waals surface area contributed by atoms with E-state index in [1.807, 2.05) is 0 Å². The minimum absolute atomic E-state index is 0.148. The van der Waals surface area contributed by atoms with Gasteiger partial charge < -0.3 is 25.2 Å². The van der Waals surface area contributed by atoms with Crippen LogP contribution in [-0.2, 0) is 37.5 Å². The van der Waals surface area contributed by atoms with Crippen LogP contribution in [0.2, 0.25) is 0 Å². The Morgan fingerprint density at radius 2 is 1.34 bits per heavy atom. The maximum atomic E-state index is 12.2. The summed E-state index contributed by atoms with van der Waals surface area (Å²) in [5.74, 6) is -2.59. The summed E-state index contributed by atoms with van der Waals surface area (Å²) in [4.78, 5) is 43.7. The summed E-state index contributed by atoms with van der Waals surface area (Å²) >= 11 is 0. The molecule has 0 heterocycles. The molecular weight excluding hydrogens is 553 g/mol. The van der Waals surface area contributed by atoms with Gasteiger partial charge in [0.1, 0.15) is 12.6 Å². The van der Waals surface area contributed by atoms with Crippen molar-refractivity contribution in [2.24, 2.45) is 5.73 Å². The number of unbranched alkanes of at least 4 members (excludes halogenated alkanes) is 11. The van der Waals surface area contributed by atoms with Crippen molar-refractivity contribution in [3.05, 3.63) is 24.3 Å². The van der Waals surface area contributed by atoms with Crippen molar-refractivity contribution in [1.29, 1.82) is 0 Å². The maximum absolute atomic E-state index is 12.2. The zero-order valence-corrected chi connectivity index (χ0v) is 25.8. The average Bonchev–Trinajstić information content (AvgIpc) is 2.92. The third kappa shape index (κ3) is 26.6. The number of carbonyl (C=O) groups excluding carboxylic acids is 2. The molecule has 0 fully saturated rings. The summed E-state index contributed by atoms with van der Waals surface area (Å²) < 4.78 is 31.3. The predicted octanol–water partition coefficient (Wildman–Crippen LogP) is 5.99. The molecule has 0 aromatic carbocycles. The van der Waals surface area contributed by atoms with Gasteiger partial charge in [0.15, 0.2) is 6.10 Å². The Hall–Kier alpha value is -2.04. The lowest BCUT2D eigenvalue weighted by Crippen LogP contribution is -2.34. The van der Waals surface area contributed by atoms with E-state index in [0.717, 1.165) is 38.5 Å². The zero-order chi connectivity index (χ0) is 30.8. The van der Waals surface area contributed by atoms with Gasteiger partial charge in [-0.25, -0.2) is 4.57 Å². The summed E-state index contributed by atoms with van der Waals surface area (Å²) in [6, 6.07) is -1.52. The second-order valence-electron chi connectivity index (χ2n) is 9.96. The summed E-state index contributed by atoms with van der Waals surface area (Å²) in [6.07, 6.45) is 23.6. The third-order valence-corrected chi connectivity index (χ3v) is 6.96. The number of ether oxygens (including phenoxy) is 2. The summed E-state index contributed by atoms with van der Waals surface area (Å²) in [7, 11) is -4.67. The number of esters is 2. The van der Waals surface area contributed by atoms with Gasteiger partial charge in [0.25, 0.3) is 0 Å². The number of carbonyl (C=O) groups is 3. The molecule has 11 nitrogen and oxygen atoms in total. The van der Waals surface area contributed by atoms with E-state index in [4.69, 9.17) is 24.8 Å². The third-order valence-electron chi connectivity index (χ3n) is 6.01. The smallest absolute Gasteiger partial charge is 0.472 e. The Morgan fingerprint density at radius 1 is 0.805 bits per heavy atom. The van der Waals surface area contributed by atoms with E-state index in [1.54, 1.807) is 0 Å². The second kappa shape index (κ2) is 25.7. The van der Waals surface area contributed by atoms with Crippen LogP contribution < -0.4 is 5.73 Å². The number of hydrogen-bond donors (Lipinski definition) is 3. The van der Waals surface area contributed by atoms with E-state index < -0.39 is 51.1 Å². The number of carboxylic acid groups (broad SMARTS) is 1. The van der Waals surface area contributed by atoms with Crippen LogP contribution >= 0.6 is 7.82 Å². The highest BCUT2D eigenvalue weighted by atomic mass is 31.2. The van der Waals surface area contributed by atoms with Crippen LogP contribution in [0.25, 0.3) is 0 Å². The van der Waals surface area contributed by atoms with Gasteiger partial charge in [0.05, 0.1) is 13.2 Å². The van der Waals surface area contributed by atoms with Crippen molar-refractivity contribution in [2.45, 2.75) is 122 Å². The molecule has 0 aliphatic rings. The number of allylic oxidation sites excluding steroid dienone is 4. The van der Waals surface area contributed by atoms with Gasteiger partial charge in [-0.2, -0.15) is 0 Å². The highest BCUT2D eigenvalue weighted by Crippen LogP contribution is 2.43. The Kier molecular flexibility index (Phi) is 24.4. The molecule has 0 saturated carbocycles. The van der Waals surface area contributed by atoms with Crippen LogP contribution in [0.15, 0.2) is 24.3 Å². The molecule has 0 rings (SSSR count). The quantitative estimate of drug-likeness (QED) is 0.0434. The molecule has 0 spiro atoms. The van der Waals surface area contributed by atoms with Gasteiger partial charge in [0, 0.05) is 13.3 Å². The molecule has 12 heteroatoms. The van der Waals surface area contributed by atoms with Crippen LogP contribution in [0.4, 0.5) is 0 Å². The second-order valence-corrected chi connectivity index (χ2v) is 11.4. The molecule has 0 radical (unpaired) electrons. The van der Waals surface area contributed by atoms with Crippen LogP contribution in [0, 0.1) is 0 Å². The van der Waals surface area contributed by atoms with Crippen LogP contribution in [-0.4, -0.2) is 59.9 Å². The molecule has 0 aromatic heterocycles. The van der Waals surface area contributed by atoms with Crippen molar-refractivity contribution >= 4 is 25.7 Å². The summed E-state index contributed by atoms with van der Waals surface area (Å²) in [5.41, 5.74) is 5.22. The Labute approximate surface area is 245 Å². The van der Waals surface area contributed by atoms with Gasteiger partial charge in [-0.15, -0.1) is 0 Å². The molecule has 0 aliphatic heterocycles. The van der Waals surface area contributed by atoms with Gasteiger partial charge in [-0.3, -0.25) is 23.4 Å². The topological polar surface area (TPSA) is 172 Å². The summed E-state index contributed by atoms with van der Waals surface area (Å²) in [5, 5.41) is 8.71. The number of rotatable bonds is 27. The van der Waals surface area contributed by atoms with Crippen molar-refractivity contribution in [1.82, 2.24) is 0 Å². The average molecular weight is 606 g/mol. The first-order chi connectivity index (χ1) is 19.6. The molecule has 0 aromatic rings. The van der Waals surface area contributed by atoms with E-state index in [-0.39, 0.29) is 13.0 Å². The minimum Gasteiger partial charge on any atom is -0.480 e. The van der Waals surface area contributed by atoms with Crippen molar-refractivity contribution in [3.63, 3.8) is 0 Å². The van der Waals surface area contributed by atoms with Gasteiger partial charge in [-0.05, 0) is 38.5 Å². The fraction of sp³-hybridized carbons (Fsp3) is 0.759. The highest BCUT2D eigenvalue weighted by Gasteiger charge is 2.27. The van der Waals surface area contributed by atoms with Gasteiger partial charge in [0.2, 0.25) is 0 Å². The van der Waals surface area contributed by atoms with E-state index in [2.05, 4.69) is 35.8 Å². The molecule has 3 atom stereocenters. The maximum Gasteiger partial charge on any atom is 0.472 e. The SMILES string of the molecule is CCCCCC/C=C\C/C=C\CCCCCCCCCC(=O)OC(COC(C)=O)COP(=O)(O)OCC(N)C(=O)O. The number of phosphoric ester groups is 1. The lowest BCUT2D eigenvalue weighted by Gasteiger charge is -2.20. The molecule has 0 amide bonds. The van der Waals surface area contributed by atoms with Gasteiger partial charge >= 0.3 is 25.7 Å². The standard InChI is InChI=1S/C29H52NO10P/c1-3-4-5-6-7-8-9-10-11-12-13-14-15-16-17-18-19-20-21-28(32)40-26(22-37-25(2)31)23-38-41(35,36)39-24-27(30)29(33)34/h8-9,11-12,26-27H,3-7,10,13-24,30H2,1-2H3,(H,33,34)(H,35,36)/b9-8-,12-11-. The molecule has 0 saturated heterocycles. The molecule has 0 bridgehead atoms. The number of aliphatic carboxylic acids is 1. The summed E-state index contributed by atoms with van der Waals surface area (Å²) in [6.45, 7) is 1.66. The highest BCUT2D eigenvalue weighted by molar-refractivity contribution is 7.47. The fourth-order valence-corrected chi connectivity index (χ4v) is 4.42. The molecular formula is C29H52NO10P. The Bertz CT molecular complexity index is 817. The van der Waals surface area contributed by atoms with E-state index in [1.165, 1.54) is 51.9 Å². The molecule has 3 unspecified atom stereocenters. The first-order valence-corrected chi connectivity index (χ1v) is 16.3. The lowest BCUT2D eigenvalue weighted by molar-refractivity contribution is -0.160. The molecule has 41 heavy (non-hydrogen) atoms. The number of hydrogen-bond acceptors (Lipinski definition) is 9. The molecule has 4 N–H and O–H groups in total. The number of nitrogens with two attached hydrogens (primary N) is 1. The van der Waals surface area contributed by atoms with Crippen LogP contribution in [0.5, 0.6) is 0 Å². The number of phosphoric acid groups is 1. The lowest BCUT2D eigenvalue weighted by atomic mass is 10.1. The zero-order valence-electron chi connectivity index (χ0n) is 24.9. The van der Waals surface area contributed by atoms with Crippen molar-refractivity contribution in [2.75, 3.05) is 19.8 Å². The Morgan fingerprint density at radius 3 is 1.90 bits per heavy atom. The van der Waals surface area contributed by atoms with Crippen molar-refractivity contribution < 1.29 is 47.5 Å². The normalized spacial score (nSPS) is 14.6. The van der Waals surface area contributed by atoms with E-state index >= 15 is 0 Å². The Balaban J connectivity index is 4.01. The largest absolute Gasteiger partial charge is 0.480 e. The van der Waals surface area contributed by atoms with Crippen LogP contribution in [0.3, 0.4) is 0 Å². The fourth-order valence-electron chi connectivity index (χ4n) is 3.64. The predicted molar refractivity (Wildman–Crippen MR) is 157 cm³/mol. The molecule has 238 valence electrons. The first kappa shape index (κ1) is 39.0. The number of carboxylic acids is 1. The monoisotopic (exact) mass is 605 g/mol. The van der Waals surface area contributed by atoms with Crippen molar-refractivity contribution in [3.8, 4) is 0 Å². The van der Waals surface area contributed by atoms with E-state index in [0.29, 0.717) is 6.42 Å².